The molecule has 0 fully saturated rings. The fraction of sp³-hybridized carbons (Fsp3) is 0.357. The number of nitrogens with zero attached hydrogens (tertiary/aromatic N) is 4. The molecule has 0 aliphatic heterocycles. The molecule has 7 heteroatoms. The summed E-state index contributed by atoms with van der Waals surface area (Å²) in [4.78, 5) is 4.20. The minimum absolute atomic E-state index is 0.0678. The summed E-state index contributed by atoms with van der Waals surface area (Å²) in [5.74, 6) is 2.02. The van der Waals surface area contributed by atoms with E-state index in [1.807, 2.05) is 4.68 Å². The van der Waals surface area contributed by atoms with Gasteiger partial charge in [0.1, 0.15) is 18.7 Å². The van der Waals surface area contributed by atoms with Gasteiger partial charge < -0.3 is 15.7 Å². The largest absolute Gasteiger partial charge is 0.486 e. The maximum Gasteiger partial charge on any atom is 0.170 e. The highest BCUT2D eigenvalue weighted by molar-refractivity contribution is 5.97. The molecule has 0 amide bonds. The Morgan fingerprint density at radius 3 is 2.71 bits per heavy atom. The zero-order chi connectivity index (χ0) is 15.2. The molecule has 0 unspecified atom stereocenters. The first kappa shape index (κ1) is 14.8. The molecule has 1 heterocycles. The first-order valence-electron chi connectivity index (χ1n) is 6.67. The average Bonchev–Trinajstić information content (AvgIpc) is 2.91. The van der Waals surface area contributed by atoms with E-state index in [1.165, 1.54) is 6.33 Å². The average molecular weight is 289 g/mol. The van der Waals surface area contributed by atoms with Crippen LogP contribution in [0.25, 0.3) is 0 Å². The summed E-state index contributed by atoms with van der Waals surface area (Å²) in [6.45, 7) is 5.40. The second kappa shape index (κ2) is 6.74. The lowest BCUT2D eigenvalue weighted by molar-refractivity contribution is 0.282. The Morgan fingerprint density at radius 2 is 2.10 bits per heavy atom. The van der Waals surface area contributed by atoms with E-state index in [4.69, 9.17) is 15.7 Å². The molecule has 0 saturated heterocycles. The van der Waals surface area contributed by atoms with Gasteiger partial charge in [-0.25, -0.2) is 9.67 Å². The Labute approximate surface area is 123 Å². The van der Waals surface area contributed by atoms with Gasteiger partial charge in [-0.05, 0) is 30.2 Å². The van der Waals surface area contributed by atoms with Gasteiger partial charge in [0.2, 0.25) is 0 Å². The van der Waals surface area contributed by atoms with E-state index in [1.54, 1.807) is 24.3 Å². The van der Waals surface area contributed by atoms with E-state index in [0.29, 0.717) is 23.8 Å². The molecule has 21 heavy (non-hydrogen) atoms. The van der Waals surface area contributed by atoms with E-state index in [0.717, 1.165) is 12.4 Å². The Kier molecular flexibility index (Phi) is 4.76. The molecule has 1 aromatic heterocycles. The van der Waals surface area contributed by atoms with E-state index in [-0.39, 0.29) is 5.84 Å². The summed E-state index contributed by atoms with van der Waals surface area (Å²) in [5.41, 5.74) is 6.13. The zero-order valence-corrected chi connectivity index (χ0v) is 12.1. The molecular weight excluding hydrogens is 270 g/mol. The molecular formula is C14H19N5O2. The second-order valence-corrected chi connectivity index (χ2v) is 5.05. The fourth-order valence-corrected chi connectivity index (χ4v) is 1.83. The highest BCUT2D eigenvalue weighted by atomic mass is 16.5. The predicted octanol–water partition coefficient (Wildman–Crippen LogP) is 1.61. The molecule has 7 nitrogen and oxygen atoms in total. The van der Waals surface area contributed by atoms with Crippen LogP contribution in [0.15, 0.2) is 35.7 Å². The SMILES string of the molecule is CC(C)Cn1ncnc1COc1ccc(C(N)=NO)cc1. The lowest BCUT2D eigenvalue weighted by Gasteiger charge is -2.10. The normalized spacial score (nSPS) is 11.9. The lowest BCUT2D eigenvalue weighted by Crippen LogP contribution is -2.13. The van der Waals surface area contributed by atoms with Crippen LogP contribution in [-0.4, -0.2) is 25.8 Å². The van der Waals surface area contributed by atoms with Gasteiger partial charge in [-0.2, -0.15) is 5.10 Å². The van der Waals surface area contributed by atoms with Crippen molar-refractivity contribution in [2.75, 3.05) is 0 Å². The van der Waals surface area contributed by atoms with Gasteiger partial charge in [0, 0.05) is 12.1 Å². The minimum atomic E-state index is 0.0678. The van der Waals surface area contributed by atoms with Crippen LogP contribution >= 0.6 is 0 Å². The number of amidine groups is 1. The summed E-state index contributed by atoms with van der Waals surface area (Å²) in [6, 6.07) is 6.97. The Hall–Kier alpha value is -2.57. The van der Waals surface area contributed by atoms with Crippen LogP contribution in [0.3, 0.4) is 0 Å². The molecule has 112 valence electrons. The molecule has 0 spiro atoms. The zero-order valence-electron chi connectivity index (χ0n) is 12.1. The molecule has 2 aromatic rings. The van der Waals surface area contributed by atoms with Crippen LogP contribution in [0.5, 0.6) is 5.75 Å². The number of rotatable bonds is 6. The predicted molar refractivity (Wildman–Crippen MR) is 78.1 cm³/mol. The molecule has 0 radical (unpaired) electrons. The number of benzene rings is 1. The van der Waals surface area contributed by atoms with Crippen LogP contribution < -0.4 is 10.5 Å². The second-order valence-electron chi connectivity index (χ2n) is 5.05. The van der Waals surface area contributed by atoms with Gasteiger partial charge in [0.05, 0.1) is 0 Å². The van der Waals surface area contributed by atoms with Crippen molar-refractivity contribution in [2.45, 2.75) is 27.0 Å². The molecule has 0 saturated carbocycles. The summed E-state index contributed by atoms with van der Waals surface area (Å²) < 4.78 is 7.52. The molecule has 1 aromatic carbocycles. The van der Waals surface area contributed by atoms with Gasteiger partial charge in [-0.15, -0.1) is 0 Å². The van der Waals surface area contributed by atoms with Gasteiger partial charge in [0.15, 0.2) is 11.7 Å². The summed E-state index contributed by atoms with van der Waals surface area (Å²) in [6.07, 6.45) is 1.53. The van der Waals surface area contributed by atoms with Crippen molar-refractivity contribution in [3.05, 3.63) is 42.0 Å². The fourth-order valence-electron chi connectivity index (χ4n) is 1.83. The molecule has 0 bridgehead atoms. The van der Waals surface area contributed by atoms with Gasteiger partial charge in [-0.1, -0.05) is 19.0 Å². The van der Waals surface area contributed by atoms with E-state index >= 15 is 0 Å². The third-order valence-electron chi connectivity index (χ3n) is 2.86. The quantitative estimate of drug-likeness (QED) is 0.364. The van der Waals surface area contributed by atoms with Crippen LogP contribution in [0, 0.1) is 5.92 Å². The minimum Gasteiger partial charge on any atom is -0.486 e. The summed E-state index contributed by atoms with van der Waals surface area (Å²) >= 11 is 0. The standard InChI is InChI=1S/C14H19N5O2/c1-10(2)7-19-13(16-9-17-19)8-21-12-5-3-11(4-6-12)14(15)18-20/h3-6,9-10,20H,7-8H2,1-2H3,(H2,15,18). The monoisotopic (exact) mass is 289 g/mol. The maximum atomic E-state index is 8.60. The maximum absolute atomic E-state index is 8.60. The number of aromatic nitrogens is 3. The smallest absolute Gasteiger partial charge is 0.170 e. The van der Waals surface area contributed by atoms with E-state index < -0.39 is 0 Å². The van der Waals surface area contributed by atoms with Crippen LogP contribution in [-0.2, 0) is 13.2 Å². The van der Waals surface area contributed by atoms with E-state index in [2.05, 4.69) is 29.1 Å². The number of hydrogen-bond donors (Lipinski definition) is 2. The number of oxime groups is 1. The summed E-state index contributed by atoms with van der Waals surface area (Å²) in [5, 5.41) is 15.7. The number of ether oxygens (including phenoxy) is 1. The van der Waals surface area contributed by atoms with Crippen molar-refractivity contribution in [3.8, 4) is 5.75 Å². The van der Waals surface area contributed by atoms with Crippen LogP contribution in [0.2, 0.25) is 0 Å². The van der Waals surface area contributed by atoms with Gasteiger partial charge in [-0.3, -0.25) is 0 Å². The number of nitrogens with two attached hydrogens (primary N) is 1. The molecule has 0 aliphatic carbocycles. The topological polar surface area (TPSA) is 98.5 Å². The third-order valence-corrected chi connectivity index (χ3v) is 2.86. The highest BCUT2D eigenvalue weighted by Crippen LogP contribution is 2.14. The first-order valence-corrected chi connectivity index (χ1v) is 6.67. The van der Waals surface area contributed by atoms with Crippen molar-refractivity contribution in [3.63, 3.8) is 0 Å². The Morgan fingerprint density at radius 1 is 1.38 bits per heavy atom. The molecule has 3 N–H and O–H groups in total. The molecule has 0 atom stereocenters. The van der Waals surface area contributed by atoms with Crippen LogP contribution in [0.1, 0.15) is 25.2 Å². The van der Waals surface area contributed by atoms with Crippen molar-refractivity contribution in [1.82, 2.24) is 14.8 Å². The van der Waals surface area contributed by atoms with Gasteiger partial charge in [0.25, 0.3) is 0 Å². The van der Waals surface area contributed by atoms with Crippen molar-refractivity contribution >= 4 is 5.84 Å². The van der Waals surface area contributed by atoms with Crippen molar-refractivity contribution in [2.24, 2.45) is 16.8 Å². The van der Waals surface area contributed by atoms with E-state index in [9.17, 15) is 0 Å². The molecule has 2 rings (SSSR count). The number of hydrogen-bond acceptors (Lipinski definition) is 5. The van der Waals surface area contributed by atoms with Gasteiger partial charge >= 0.3 is 0 Å². The third kappa shape index (κ3) is 3.95. The lowest BCUT2D eigenvalue weighted by atomic mass is 10.2. The Bertz CT molecular complexity index is 604. The Balaban J connectivity index is 1.99. The first-order chi connectivity index (χ1) is 10.1. The highest BCUT2D eigenvalue weighted by Gasteiger charge is 2.07. The van der Waals surface area contributed by atoms with Crippen molar-refractivity contribution < 1.29 is 9.94 Å². The van der Waals surface area contributed by atoms with Crippen LogP contribution in [0.4, 0.5) is 0 Å². The van der Waals surface area contributed by atoms with Crippen molar-refractivity contribution in [1.29, 1.82) is 0 Å². The summed E-state index contributed by atoms with van der Waals surface area (Å²) in [7, 11) is 0. The molecule has 0 aliphatic rings.